The number of amides is 1. The maximum atomic E-state index is 11.8. The molecule has 2 atom stereocenters. The van der Waals surface area contributed by atoms with Crippen molar-refractivity contribution in [3.05, 3.63) is 42.1 Å². The van der Waals surface area contributed by atoms with Crippen LogP contribution < -0.4 is 5.32 Å². The van der Waals surface area contributed by atoms with E-state index in [0.717, 1.165) is 18.4 Å². The number of benzene rings is 1. The third kappa shape index (κ3) is 3.28. The van der Waals surface area contributed by atoms with Crippen molar-refractivity contribution in [2.24, 2.45) is 5.92 Å². The Kier molecular flexibility index (Phi) is 4.68. The van der Waals surface area contributed by atoms with E-state index in [4.69, 9.17) is 4.74 Å². The highest BCUT2D eigenvalue weighted by molar-refractivity contribution is 5.81. The molecule has 0 unspecified atom stereocenters. The van der Waals surface area contributed by atoms with Crippen molar-refractivity contribution < 1.29 is 9.53 Å². The number of nitrogens with zero attached hydrogens (tertiary/aromatic N) is 1. The number of para-hydroxylation sites is 1. The first-order chi connectivity index (χ1) is 10.8. The lowest BCUT2D eigenvalue weighted by molar-refractivity contribution is -0.122. The third-order valence-electron chi connectivity index (χ3n) is 4.24. The number of hydrogen-bond donors (Lipinski definition) is 1. The minimum absolute atomic E-state index is 0.117. The highest BCUT2D eigenvalue weighted by atomic mass is 16.5. The number of nitrogens with one attached hydrogen (secondary N) is 1. The molecule has 2 aromatic rings. The molecule has 1 N–H and O–H groups in total. The van der Waals surface area contributed by atoms with E-state index in [9.17, 15) is 4.79 Å². The van der Waals surface area contributed by atoms with Crippen LogP contribution in [0.2, 0.25) is 0 Å². The number of pyridine rings is 1. The first-order valence-electron chi connectivity index (χ1n) is 7.97. The maximum absolute atomic E-state index is 11.8. The molecular formula is C18H22N2O2. The second-order valence-corrected chi connectivity index (χ2v) is 5.91. The van der Waals surface area contributed by atoms with Crippen LogP contribution in [0.15, 0.2) is 36.5 Å². The summed E-state index contributed by atoms with van der Waals surface area (Å²) >= 11 is 0. The average molecular weight is 298 g/mol. The number of carbonyl (C=O) groups excluding carboxylic acids is 1. The van der Waals surface area contributed by atoms with E-state index in [-0.39, 0.29) is 11.9 Å². The van der Waals surface area contributed by atoms with Crippen LogP contribution in [-0.2, 0) is 16.0 Å². The summed E-state index contributed by atoms with van der Waals surface area (Å²) in [6.07, 6.45) is 4.22. The molecular weight excluding hydrogens is 276 g/mol. The molecule has 1 aromatic heterocycles. The van der Waals surface area contributed by atoms with Gasteiger partial charge in [0.2, 0.25) is 5.91 Å². The molecule has 0 aliphatic carbocycles. The summed E-state index contributed by atoms with van der Waals surface area (Å²) in [4.78, 5) is 16.2. The second kappa shape index (κ2) is 6.88. The molecule has 116 valence electrons. The lowest BCUT2D eigenvalue weighted by Gasteiger charge is -2.19. The Labute approximate surface area is 130 Å². The van der Waals surface area contributed by atoms with Gasteiger partial charge in [-0.1, -0.05) is 25.1 Å². The molecule has 0 radical (unpaired) electrons. The van der Waals surface area contributed by atoms with Crippen molar-refractivity contribution in [3.63, 3.8) is 0 Å². The minimum Gasteiger partial charge on any atom is -0.379 e. The number of fused-ring (bicyclic) bond motifs is 1. The summed E-state index contributed by atoms with van der Waals surface area (Å²) in [6, 6.07) is 10.4. The van der Waals surface area contributed by atoms with Crippen LogP contribution in [0.1, 0.15) is 25.3 Å². The molecule has 0 saturated carbocycles. The lowest BCUT2D eigenvalue weighted by atomic mass is 9.93. The van der Waals surface area contributed by atoms with Crippen molar-refractivity contribution in [1.29, 1.82) is 0 Å². The van der Waals surface area contributed by atoms with E-state index in [1.807, 2.05) is 31.3 Å². The summed E-state index contributed by atoms with van der Waals surface area (Å²) in [5.74, 6) is 0.453. The van der Waals surface area contributed by atoms with Crippen molar-refractivity contribution in [2.45, 2.75) is 32.2 Å². The molecule has 1 aliphatic heterocycles. The predicted octanol–water partition coefficient (Wildman–Crippen LogP) is 2.71. The molecule has 3 rings (SSSR count). The highest BCUT2D eigenvalue weighted by Gasteiger charge is 2.29. The zero-order valence-electron chi connectivity index (χ0n) is 12.9. The van der Waals surface area contributed by atoms with Gasteiger partial charge in [0.1, 0.15) is 0 Å². The molecule has 4 nitrogen and oxygen atoms in total. The Morgan fingerprint density at radius 1 is 1.32 bits per heavy atom. The van der Waals surface area contributed by atoms with Crippen LogP contribution in [0.5, 0.6) is 0 Å². The van der Waals surface area contributed by atoms with Crippen molar-refractivity contribution in [2.75, 3.05) is 13.2 Å². The molecule has 1 amide bonds. The van der Waals surface area contributed by atoms with Gasteiger partial charge in [-0.15, -0.1) is 0 Å². The number of rotatable bonds is 5. The summed E-state index contributed by atoms with van der Waals surface area (Å²) in [5, 5.41) is 4.31. The van der Waals surface area contributed by atoms with Crippen molar-refractivity contribution in [3.8, 4) is 0 Å². The van der Waals surface area contributed by atoms with E-state index in [1.54, 1.807) is 0 Å². The van der Waals surface area contributed by atoms with Crippen molar-refractivity contribution >= 4 is 16.8 Å². The van der Waals surface area contributed by atoms with Gasteiger partial charge in [0.25, 0.3) is 0 Å². The van der Waals surface area contributed by atoms with Gasteiger partial charge < -0.3 is 10.1 Å². The number of aromatic nitrogens is 1. The van der Waals surface area contributed by atoms with Gasteiger partial charge in [-0.2, -0.15) is 0 Å². The number of ether oxygens (including phenoxy) is 1. The maximum Gasteiger partial charge on any atom is 0.220 e. The zero-order chi connectivity index (χ0) is 15.4. The monoisotopic (exact) mass is 298 g/mol. The van der Waals surface area contributed by atoms with E-state index in [1.165, 1.54) is 10.9 Å². The standard InChI is InChI=1S/C18H22N2O2/c1-2-5-18(21)20-17-12-22-11-14(17)10-13-8-9-19-16-7-4-3-6-15(13)16/h3-4,6-9,14,17H,2,5,10-12H2,1H3,(H,20,21)/t14-,17-/m1/s1. The Morgan fingerprint density at radius 2 is 2.18 bits per heavy atom. The topological polar surface area (TPSA) is 51.2 Å². The average Bonchev–Trinajstić information content (AvgIpc) is 2.95. The predicted molar refractivity (Wildman–Crippen MR) is 86.6 cm³/mol. The fourth-order valence-electron chi connectivity index (χ4n) is 3.08. The van der Waals surface area contributed by atoms with Gasteiger partial charge >= 0.3 is 0 Å². The fourth-order valence-corrected chi connectivity index (χ4v) is 3.08. The number of hydrogen-bond acceptors (Lipinski definition) is 3. The fraction of sp³-hybridized carbons (Fsp3) is 0.444. The quantitative estimate of drug-likeness (QED) is 0.923. The van der Waals surface area contributed by atoms with Gasteiger partial charge in [0.05, 0.1) is 24.8 Å². The summed E-state index contributed by atoms with van der Waals surface area (Å²) in [7, 11) is 0. The van der Waals surface area contributed by atoms with Crippen molar-refractivity contribution in [1.82, 2.24) is 10.3 Å². The Bertz CT molecular complexity index is 651. The highest BCUT2D eigenvalue weighted by Crippen LogP contribution is 2.24. The molecule has 1 aromatic carbocycles. The number of carbonyl (C=O) groups is 1. The normalized spacial score (nSPS) is 21.1. The lowest BCUT2D eigenvalue weighted by Crippen LogP contribution is -2.40. The van der Waals surface area contributed by atoms with Gasteiger partial charge in [-0.3, -0.25) is 9.78 Å². The van der Waals surface area contributed by atoms with E-state index in [2.05, 4.69) is 22.4 Å². The first-order valence-corrected chi connectivity index (χ1v) is 7.97. The largest absolute Gasteiger partial charge is 0.379 e. The summed E-state index contributed by atoms with van der Waals surface area (Å²) in [6.45, 7) is 3.34. The molecule has 4 heteroatoms. The van der Waals surface area contributed by atoms with Crippen LogP contribution in [0.4, 0.5) is 0 Å². The Morgan fingerprint density at radius 3 is 3.05 bits per heavy atom. The molecule has 0 bridgehead atoms. The SMILES string of the molecule is CCCC(=O)N[C@@H]1COC[C@H]1Cc1ccnc2ccccc12. The van der Waals surface area contributed by atoms with Crippen LogP contribution in [-0.4, -0.2) is 30.1 Å². The van der Waals surface area contributed by atoms with Gasteiger partial charge in [0.15, 0.2) is 0 Å². The van der Waals surface area contributed by atoms with E-state index >= 15 is 0 Å². The molecule has 1 aliphatic rings. The van der Waals surface area contributed by atoms with Gasteiger partial charge in [-0.25, -0.2) is 0 Å². The summed E-state index contributed by atoms with van der Waals surface area (Å²) < 4.78 is 5.60. The summed E-state index contributed by atoms with van der Waals surface area (Å²) in [5.41, 5.74) is 2.29. The van der Waals surface area contributed by atoms with Gasteiger partial charge in [0, 0.05) is 23.9 Å². The Balaban J connectivity index is 1.74. The molecule has 2 heterocycles. The minimum atomic E-state index is 0.117. The molecule has 22 heavy (non-hydrogen) atoms. The zero-order valence-corrected chi connectivity index (χ0v) is 12.9. The Hall–Kier alpha value is -1.94. The van der Waals surface area contributed by atoms with Crippen LogP contribution in [0.3, 0.4) is 0 Å². The third-order valence-corrected chi connectivity index (χ3v) is 4.24. The van der Waals surface area contributed by atoms with Crippen LogP contribution in [0, 0.1) is 5.92 Å². The van der Waals surface area contributed by atoms with Gasteiger partial charge in [-0.05, 0) is 30.5 Å². The molecule has 1 fully saturated rings. The van der Waals surface area contributed by atoms with Crippen LogP contribution in [0.25, 0.3) is 10.9 Å². The van der Waals surface area contributed by atoms with Crippen LogP contribution >= 0.6 is 0 Å². The van der Waals surface area contributed by atoms with E-state index < -0.39 is 0 Å². The molecule has 0 spiro atoms. The smallest absolute Gasteiger partial charge is 0.220 e. The second-order valence-electron chi connectivity index (χ2n) is 5.91. The van der Waals surface area contributed by atoms with E-state index in [0.29, 0.717) is 25.6 Å². The molecule has 1 saturated heterocycles. The first kappa shape index (κ1) is 15.0.